The Morgan fingerprint density at radius 1 is 0.588 bits per heavy atom. The highest BCUT2D eigenvalue weighted by atomic mass is 16.5. The van der Waals surface area contributed by atoms with Crippen molar-refractivity contribution in [1.29, 1.82) is 0 Å². The van der Waals surface area contributed by atoms with E-state index >= 15 is 0 Å². The number of unbranched alkanes of at least 4 members (excludes halogenated alkanes) is 19. The molecule has 2 nitrogen and oxygen atoms in total. The first kappa shape index (κ1) is 30.5. The van der Waals surface area contributed by atoms with Crippen LogP contribution in [0, 0.1) is 0 Å². The van der Waals surface area contributed by atoms with Crippen LogP contribution in [0.1, 0.15) is 158 Å². The van der Waals surface area contributed by atoms with Crippen LogP contribution in [0.4, 0.5) is 0 Å². The summed E-state index contributed by atoms with van der Waals surface area (Å²) in [5, 5.41) is 0. The normalized spacial score (nSPS) is 11.0. The smallest absolute Gasteiger partial charge is 0.338 e. The van der Waals surface area contributed by atoms with Gasteiger partial charge in [-0.15, -0.1) is 0 Å². The number of carbonyl (C=O) groups excluding carboxylic acids is 1. The van der Waals surface area contributed by atoms with Crippen molar-refractivity contribution in [2.24, 2.45) is 0 Å². The van der Waals surface area contributed by atoms with Crippen LogP contribution in [-0.2, 0) is 4.74 Å². The van der Waals surface area contributed by atoms with Crippen LogP contribution in [-0.4, -0.2) is 12.6 Å². The van der Waals surface area contributed by atoms with E-state index in [1.54, 1.807) is 0 Å². The highest BCUT2D eigenvalue weighted by Gasteiger charge is 2.06. The van der Waals surface area contributed by atoms with Crippen molar-refractivity contribution in [1.82, 2.24) is 0 Å². The fourth-order valence-electron chi connectivity index (χ4n) is 4.50. The maximum absolute atomic E-state index is 12.1. The lowest BCUT2D eigenvalue weighted by Crippen LogP contribution is -2.06. The maximum Gasteiger partial charge on any atom is 0.338 e. The molecule has 0 amide bonds. The summed E-state index contributed by atoms with van der Waals surface area (Å²) in [6.45, 7) is 8.70. The Bertz CT molecular complexity index is 616. The molecule has 0 fully saturated rings. The molecule has 0 aromatic heterocycles. The molecule has 194 valence electrons. The van der Waals surface area contributed by atoms with Gasteiger partial charge in [0.05, 0.1) is 12.2 Å². The number of ether oxygens (including phenoxy) is 1. The second-order valence-corrected chi connectivity index (χ2v) is 10.2. The van der Waals surface area contributed by atoms with Gasteiger partial charge in [-0.2, -0.15) is 0 Å². The molecule has 1 aromatic rings. The van der Waals surface area contributed by atoms with E-state index < -0.39 is 0 Å². The van der Waals surface area contributed by atoms with Crippen molar-refractivity contribution >= 4 is 11.5 Å². The highest BCUT2D eigenvalue weighted by molar-refractivity contribution is 5.89. The zero-order valence-electron chi connectivity index (χ0n) is 22.7. The molecule has 0 spiro atoms. The zero-order chi connectivity index (χ0) is 24.7. The summed E-state index contributed by atoms with van der Waals surface area (Å²) in [6, 6.07) is 7.50. The van der Waals surface area contributed by atoms with E-state index in [-0.39, 0.29) is 5.97 Å². The average Bonchev–Trinajstić information content (AvgIpc) is 2.85. The van der Waals surface area contributed by atoms with Crippen molar-refractivity contribution in [3.63, 3.8) is 0 Å². The lowest BCUT2D eigenvalue weighted by molar-refractivity contribution is 0.0497. The molecule has 1 rings (SSSR count). The average molecular weight is 471 g/mol. The lowest BCUT2D eigenvalue weighted by Gasteiger charge is -2.06. The highest BCUT2D eigenvalue weighted by Crippen LogP contribution is 2.16. The molecule has 0 radical (unpaired) electrons. The Balaban J connectivity index is 1.78. The molecule has 0 aliphatic heterocycles. The summed E-state index contributed by atoms with van der Waals surface area (Å²) in [5.74, 6) is -0.217. The third-order valence-electron chi connectivity index (χ3n) is 6.84. The standard InChI is InChI=1S/C32H54O2/c1-4-5-6-7-8-9-10-11-12-13-14-15-16-17-18-19-20-21-22-23-28-34-32(33)31-26-24-30(25-27-31)29(2)3/h24-27H,2,4-23,28H2,1,3H3. The van der Waals surface area contributed by atoms with E-state index in [0.29, 0.717) is 12.2 Å². The largest absolute Gasteiger partial charge is 0.462 e. The molecule has 0 aliphatic carbocycles. The Morgan fingerprint density at radius 2 is 0.912 bits per heavy atom. The molecule has 0 N–H and O–H groups in total. The number of rotatable bonds is 23. The Hall–Kier alpha value is -1.57. The van der Waals surface area contributed by atoms with E-state index in [0.717, 1.165) is 24.0 Å². The summed E-state index contributed by atoms with van der Waals surface area (Å²) in [5.41, 5.74) is 2.69. The third-order valence-corrected chi connectivity index (χ3v) is 6.84. The number of benzene rings is 1. The summed E-state index contributed by atoms with van der Waals surface area (Å²) >= 11 is 0. The monoisotopic (exact) mass is 470 g/mol. The number of hydrogen-bond acceptors (Lipinski definition) is 2. The van der Waals surface area contributed by atoms with E-state index in [1.807, 2.05) is 31.2 Å². The first-order valence-electron chi connectivity index (χ1n) is 14.6. The van der Waals surface area contributed by atoms with Crippen LogP contribution >= 0.6 is 0 Å². The van der Waals surface area contributed by atoms with Crippen molar-refractivity contribution in [3.05, 3.63) is 42.0 Å². The second kappa shape index (κ2) is 21.9. The molecule has 0 heterocycles. The molecule has 0 atom stereocenters. The van der Waals surface area contributed by atoms with Gasteiger partial charge in [0.25, 0.3) is 0 Å². The minimum absolute atomic E-state index is 0.217. The summed E-state index contributed by atoms with van der Waals surface area (Å²) in [4.78, 5) is 12.1. The van der Waals surface area contributed by atoms with E-state index in [9.17, 15) is 4.79 Å². The van der Waals surface area contributed by atoms with Gasteiger partial charge in [0.2, 0.25) is 0 Å². The lowest BCUT2D eigenvalue weighted by atomic mass is 10.0. The van der Waals surface area contributed by atoms with E-state index in [4.69, 9.17) is 4.74 Å². The molecular weight excluding hydrogens is 416 g/mol. The van der Waals surface area contributed by atoms with Crippen LogP contribution < -0.4 is 0 Å². The fourth-order valence-corrected chi connectivity index (χ4v) is 4.50. The van der Waals surface area contributed by atoms with Crippen molar-refractivity contribution in [2.75, 3.05) is 6.61 Å². The molecule has 1 aromatic carbocycles. The van der Waals surface area contributed by atoms with Gasteiger partial charge in [0.15, 0.2) is 0 Å². The number of esters is 1. The SMILES string of the molecule is C=C(C)c1ccc(C(=O)OCCCCCCCCCCCCCCCCCCCCCC)cc1. The van der Waals surface area contributed by atoms with Crippen LogP contribution in [0.25, 0.3) is 5.57 Å². The number of carbonyl (C=O) groups is 1. The summed E-state index contributed by atoms with van der Waals surface area (Å²) in [7, 11) is 0. The molecule has 34 heavy (non-hydrogen) atoms. The van der Waals surface area contributed by atoms with Crippen LogP contribution in [0.15, 0.2) is 30.8 Å². The van der Waals surface area contributed by atoms with Gasteiger partial charge in [-0.3, -0.25) is 0 Å². The first-order valence-corrected chi connectivity index (χ1v) is 14.6. The van der Waals surface area contributed by atoms with Crippen molar-refractivity contribution < 1.29 is 9.53 Å². The quantitative estimate of drug-likeness (QED) is 0.117. The van der Waals surface area contributed by atoms with Gasteiger partial charge in [0.1, 0.15) is 0 Å². The van der Waals surface area contributed by atoms with E-state index in [2.05, 4.69) is 13.5 Å². The van der Waals surface area contributed by atoms with Gasteiger partial charge in [-0.1, -0.05) is 153 Å². The van der Waals surface area contributed by atoms with Gasteiger partial charge in [-0.05, 0) is 31.0 Å². The van der Waals surface area contributed by atoms with Gasteiger partial charge in [0, 0.05) is 0 Å². The van der Waals surface area contributed by atoms with Gasteiger partial charge < -0.3 is 4.74 Å². The van der Waals surface area contributed by atoms with Crippen LogP contribution in [0.2, 0.25) is 0 Å². The number of allylic oxidation sites excluding steroid dienone is 1. The van der Waals surface area contributed by atoms with Crippen molar-refractivity contribution in [3.8, 4) is 0 Å². The molecule has 0 saturated heterocycles. The van der Waals surface area contributed by atoms with Gasteiger partial charge >= 0.3 is 5.97 Å². The van der Waals surface area contributed by atoms with E-state index in [1.165, 1.54) is 116 Å². The van der Waals surface area contributed by atoms with Gasteiger partial charge in [-0.25, -0.2) is 4.79 Å². The maximum atomic E-state index is 12.1. The predicted molar refractivity (Wildman–Crippen MR) is 149 cm³/mol. The molecular formula is C32H54O2. The Labute approximate surface area is 212 Å². The topological polar surface area (TPSA) is 26.3 Å². The van der Waals surface area contributed by atoms with Crippen LogP contribution in [0.5, 0.6) is 0 Å². The summed E-state index contributed by atoms with van der Waals surface area (Å²) in [6.07, 6.45) is 27.5. The molecule has 0 bridgehead atoms. The minimum atomic E-state index is -0.217. The zero-order valence-corrected chi connectivity index (χ0v) is 22.7. The summed E-state index contributed by atoms with van der Waals surface area (Å²) < 4.78 is 5.40. The van der Waals surface area contributed by atoms with Crippen molar-refractivity contribution in [2.45, 2.75) is 142 Å². The van der Waals surface area contributed by atoms with Crippen LogP contribution in [0.3, 0.4) is 0 Å². The Kier molecular flexibility index (Phi) is 19.6. The predicted octanol–water partition coefficient (Wildman–Crippen LogP) is 10.7. The molecule has 2 heteroatoms. The first-order chi connectivity index (χ1) is 16.6. The molecule has 0 aliphatic rings. The Morgan fingerprint density at radius 3 is 1.26 bits per heavy atom. The molecule has 0 unspecified atom stereocenters. The third kappa shape index (κ3) is 17.0. The minimum Gasteiger partial charge on any atom is -0.462 e. The fraction of sp³-hybridized carbons (Fsp3) is 0.719. The number of hydrogen-bond donors (Lipinski definition) is 0. The molecule has 0 saturated carbocycles. The second-order valence-electron chi connectivity index (χ2n) is 10.2.